The van der Waals surface area contributed by atoms with Crippen molar-refractivity contribution in [2.45, 2.75) is 39.5 Å². The molecule has 4 rings (SSSR count). The van der Waals surface area contributed by atoms with E-state index in [9.17, 15) is 4.57 Å². The van der Waals surface area contributed by atoms with Crippen molar-refractivity contribution < 1.29 is 13.6 Å². The highest BCUT2D eigenvalue weighted by Gasteiger charge is 2.38. The van der Waals surface area contributed by atoms with Gasteiger partial charge in [-0.2, -0.15) is 4.76 Å². The van der Waals surface area contributed by atoms with Crippen LogP contribution in [0.2, 0.25) is 0 Å². The standard InChI is InChI=1S/C24H28NO3P/c1-24(2)17-27-29(26,28-18-24)25-22-16-15-21(14-13-19-9-5-3-6-10-19)23(22)20-11-7-4-8-12-20/h3-12H,13-18H2,1-2H3/b25-22+. The van der Waals surface area contributed by atoms with Gasteiger partial charge in [-0.25, -0.2) is 4.57 Å². The molecule has 4 nitrogen and oxygen atoms in total. The van der Waals surface area contributed by atoms with Crippen molar-refractivity contribution in [3.8, 4) is 0 Å². The van der Waals surface area contributed by atoms with Crippen molar-refractivity contribution in [2.24, 2.45) is 10.2 Å². The molecular formula is C24H28NO3P. The van der Waals surface area contributed by atoms with Crippen molar-refractivity contribution in [3.63, 3.8) is 0 Å². The van der Waals surface area contributed by atoms with Gasteiger partial charge in [-0.15, -0.1) is 0 Å². The Hall–Kier alpha value is -2.00. The maximum Gasteiger partial charge on any atom is 0.454 e. The Kier molecular flexibility index (Phi) is 5.87. The predicted molar refractivity (Wildman–Crippen MR) is 118 cm³/mol. The molecule has 152 valence electrons. The maximum atomic E-state index is 13.1. The van der Waals surface area contributed by atoms with E-state index < -0.39 is 7.75 Å². The smallest absolute Gasteiger partial charge is 0.290 e. The van der Waals surface area contributed by atoms with E-state index in [-0.39, 0.29) is 5.41 Å². The van der Waals surface area contributed by atoms with Gasteiger partial charge in [0, 0.05) is 11.0 Å². The maximum absolute atomic E-state index is 13.1. The van der Waals surface area contributed by atoms with Crippen LogP contribution in [0.3, 0.4) is 0 Å². The molecule has 0 aromatic heterocycles. The number of allylic oxidation sites excluding steroid dienone is 2. The van der Waals surface area contributed by atoms with E-state index in [4.69, 9.17) is 9.05 Å². The minimum absolute atomic E-state index is 0.136. The van der Waals surface area contributed by atoms with E-state index in [0.29, 0.717) is 13.2 Å². The summed E-state index contributed by atoms with van der Waals surface area (Å²) in [7, 11) is -3.45. The topological polar surface area (TPSA) is 47.9 Å². The van der Waals surface area contributed by atoms with Gasteiger partial charge in [0.2, 0.25) is 0 Å². The Labute approximate surface area is 173 Å². The van der Waals surface area contributed by atoms with E-state index in [0.717, 1.165) is 42.5 Å². The molecule has 2 aromatic carbocycles. The van der Waals surface area contributed by atoms with Crippen LogP contribution in [-0.4, -0.2) is 18.9 Å². The first kappa shape index (κ1) is 20.3. The van der Waals surface area contributed by atoms with Crippen LogP contribution in [0.15, 0.2) is 71.0 Å². The second kappa shape index (κ2) is 8.39. The zero-order chi connectivity index (χ0) is 20.3. The Morgan fingerprint density at radius 2 is 1.52 bits per heavy atom. The quantitative estimate of drug-likeness (QED) is 0.530. The Morgan fingerprint density at radius 3 is 2.17 bits per heavy atom. The van der Waals surface area contributed by atoms with E-state index in [1.165, 1.54) is 11.1 Å². The molecule has 0 atom stereocenters. The van der Waals surface area contributed by atoms with E-state index >= 15 is 0 Å². The molecule has 0 saturated carbocycles. The second-order valence-electron chi connectivity index (χ2n) is 8.56. The molecule has 29 heavy (non-hydrogen) atoms. The predicted octanol–water partition coefficient (Wildman–Crippen LogP) is 6.49. The fourth-order valence-corrected chi connectivity index (χ4v) is 5.50. The average molecular weight is 409 g/mol. The Bertz CT molecular complexity index is 950. The zero-order valence-electron chi connectivity index (χ0n) is 17.1. The summed E-state index contributed by atoms with van der Waals surface area (Å²) in [6, 6.07) is 20.8. The summed E-state index contributed by atoms with van der Waals surface area (Å²) < 4.78 is 28.9. The van der Waals surface area contributed by atoms with Gasteiger partial charge in [0.1, 0.15) is 0 Å². The first-order chi connectivity index (χ1) is 13.9. The minimum Gasteiger partial charge on any atom is -0.290 e. The molecule has 2 aromatic rings. The first-order valence-corrected chi connectivity index (χ1v) is 11.7. The second-order valence-corrected chi connectivity index (χ2v) is 10.2. The number of nitrogens with zero attached hydrogens (tertiary/aromatic N) is 1. The molecular weight excluding hydrogens is 381 g/mol. The van der Waals surface area contributed by atoms with Crippen LogP contribution in [0.5, 0.6) is 0 Å². The van der Waals surface area contributed by atoms with Gasteiger partial charge in [-0.1, -0.05) is 80.1 Å². The lowest BCUT2D eigenvalue weighted by Crippen LogP contribution is -2.29. The lowest BCUT2D eigenvalue weighted by Gasteiger charge is -2.32. The summed E-state index contributed by atoms with van der Waals surface area (Å²) in [6.07, 6.45) is 3.65. The summed E-state index contributed by atoms with van der Waals surface area (Å²) in [5.41, 5.74) is 5.64. The number of rotatable bonds is 5. The van der Waals surface area contributed by atoms with Crippen LogP contribution >= 0.6 is 7.75 Å². The van der Waals surface area contributed by atoms with Gasteiger partial charge in [0.25, 0.3) is 0 Å². The largest absolute Gasteiger partial charge is 0.454 e. The Balaban J connectivity index is 1.63. The van der Waals surface area contributed by atoms with Crippen LogP contribution in [0, 0.1) is 5.41 Å². The van der Waals surface area contributed by atoms with Gasteiger partial charge >= 0.3 is 7.75 Å². The van der Waals surface area contributed by atoms with Crippen molar-refractivity contribution in [1.82, 2.24) is 0 Å². The summed E-state index contributed by atoms with van der Waals surface area (Å²) in [4.78, 5) is 0. The molecule has 0 unspecified atom stereocenters. The molecule has 0 N–H and O–H groups in total. The third kappa shape index (κ3) is 4.95. The summed E-state index contributed by atoms with van der Waals surface area (Å²) in [6.45, 7) is 4.87. The SMILES string of the molecule is CC1(C)COP(=O)(/N=C2\CCC(CCc3ccccc3)=C2c2ccccc2)OC1. The van der Waals surface area contributed by atoms with Gasteiger partial charge in [0.15, 0.2) is 0 Å². The highest BCUT2D eigenvalue weighted by atomic mass is 31.2. The number of benzene rings is 2. The van der Waals surface area contributed by atoms with Crippen LogP contribution in [-0.2, 0) is 20.0 Å². The molecule has 0 amide bonds. The van der Waals surface area contributed by atoms with Crippen molar-refractivity contribution in [3.05, 3.63) is 77.4 Å². The molecule has 5 heteroatoms. The Morgan fingerprint density at radius 1 is 0.897 bits per heavy atom. The third-order valence-corrected chi connectivity index (χ3v) is 6.80. The van der Waals surface area contributed by atoms with Crippen LogP contribution in [0.4, 0.5) is 0 Å². The lowest BCUT2D eigenvalue weighted by molar-refractivity contribution is 0.0418. The fourth-order valence-electron chi connectivity index (χ4n) is 3.79. The molecule has 2 aliphatic rings. The minimum atomic E-state index is -3.45. The van der Waals surface area contributed by atoms with Crippen molar-refractivity contribution >= 4 is 19.0 Å². The number of hydrogen-bond acceptors (Lipinski definition) is 3. The van der Waals surface area contributed by atoms with Gasteiger partial charge in [-0.3, -0.25) is 9.05 Å². The van der Waals surface area contributed by atoms with Crippen LogP contribution < -0.4 is 0 Å². The molecule has 1 aliphatic heterocycles. The molecule has 0 radical (unpaired) electrons. The van der Waals surface area contributed by atoms with Crippen molar-refractivity contribution in [1.29, 1.82) is 0 Å². The van der Waals surface area contributed by atoms with Gasteiger partial charge < -0.3 is 0 Å². The average Bonchev–Trinajstić information content (AvgIpc) is 3.12. The lowest BCUT2D eigenvalue weighted by atomic mass is 9.97. The first-order valence-electron chi connectivity index (χ1n) is 10.2. The molecule has 0 bridgehead atoms. The van der Waals surface area contributed by atoms with Crippen molar-refractivity contribution in [2.75, 3.05) is 13.2 Å². The summed E-state index contributed by atoms with van der Waals surface area (Å²) in [5, 5.41) is 0. The highest BCUT2D eigenvalue weighted by Crippen LogP contribution is 2.56. The van der Waals surface area contributed by atoms with E-state index in [1.807, 2.05) is 38.1 Å². The molecule has 1 fully saturated rings. The number of aryl methyl sites for hydroxylation is 1. The summed E-state index contributed by atoms with van der Waals surface area (Å²) >= 11 is 0. The molecule has 0 spiro atoms. The van der Waals surface area contributed by atoms with Crippen LogP contribution in [0.25, 0.3) is 5.57 Å². The monoisotopic (exact) mass is 409 g/mol. The third-order valence-electron chi connectivity index (χ3n) is 5.41. The van der Waals surface area contributed by atoms with E-state index in [2.05, 4.69) is 41.2 Å². The highest BCUT2D eigenvalue weighted by molar-refractivity contribution is 7.52. The molecule has 1 heterocycles. The van der Waals surface area contributed by atoms with Gasteiger partial charge in [-0.05, 0) is 36.8 Å². The zero-order valence-corrected chi connectivity index (χ0v) is 18.0. The molecule has 1 saturated heterocycles. The summed E-state index contributed by atoms with van der Waals surface area (Å²) in [5.74, 6) is 0. The molecule has 1 aliphatic carbocycles. The fraction of sp³-hybridized carbons (Fsp3) is 0.375. The number of hydrogen-bond donors (Lipinski definition) is 0. The van der Waals surface area contributed by atoms with Crippen LogP contribution in [0.1, 0.15) is 44.2 Å². The van der Waals surface area contributed by atoms with E-state index in [1.54, 1.807) is 0 Å². The van der Waals surface area contributed by atoms with Gasteiger partial charge in [0.05, 0.1) is 18.9 Å². The normalized spacial score (nSPS) is 22.2.